The quantitative estimate of drug-likeness (QED) is 0.894. The lowest BCUT2D eigenvalue weighted by Crippen LogP contribution is -2.53. The maximum absolute atomic E-state index is 12.3. The summed E-state index contributed by atoms with van der Waals surface area (Å²) in [5, 5.41) is 10.0. The number of rotatable bonds is 4. The van der Waals surface area contributed by atoms with Crippen LogP contribution >= 0.6 is 0 Å². The molecule has 2 unspecified atom stereocenters. The number of amides is 1. The van der Waals surface area contributed by atoms with E-state index in [1.54, 1.807) is 4.90 Å². The highest BCUT2D eigenvalue weighted by atomic mass is 16.5. The van der Waals surface area contributed by atoms with E-state index < -0.39 is 12.2 Å². The summed E-state index contributed by atoms with van der Waals surface area (Å²) in [4.78, 5) is 14.1. The molecular weight excluding hydrogens is 242 g/mol. The van der Waals surface area contributed by atoms with E-state index >= 15 is 0 Å². The summed E-state index contributed by atoms with van der Waals surface area (Å²) in [6.07, 6.45) is -1.47. The zero-order valence-electron chi connectivity index (χ0n) is 11.5. The van der Waals surface area contributed by atoms with Crippen LogP contribution in [0.3, 0.4) is 0 Å². The van der Waals surface area contributed by atoms with E-state index in [4.69, 9.17) is 4.74 Å². The summed E-state index contributed by atoms with van der Waals surface area (Å²) < 4.78 is 5.44. The molecule has 2 atom stereocenters. The normalized spacial score (nSPS) is 21.8. The van der Waals surface area contributed by atoms with E-state index in [2.05, 4.69) is 0 Å². The van der Waals surface area contributed by atoms with Crippen LogP contribution in [-0.2, 0) is 16.1 Å². The number of benzene rings is 1. The maximum Gasteiger partial charge on any atom is 0.254 e. The number of hydrogen-bond acceptors (Lipinski definition) is 3. The zero-order valence-corrected chi connectivity index (χ0v) is 11.5. The topological polar surface area (TPSA) is 49.8 Å². The summed E-state index contributed by atoms with van der Waals surface area (Å²) in [6.45, 7) is 5.40. The molecule has 2 rings (SSSR count). The number of carbonyl (C=O) groups excluding carboxylic acids is 1. The van der Waals surface area contributed by atoms with Gasteiger partial charge in [-0.05, 0) is 11.5 Å². The Hall–Kier alpha value is -1.39. The molecule has 19 heavy (non-hydrogen) atoms. The van der Waals surface area contributed by atoms with Crippen molar-refractivity contribution in [1.29, 1.82) is 0 Å². The molecule has 0 spiro atoms. The largest absolute Gasteiger partial charge is 0.390 e. The fourth-order valence-corrected chi connectivity index (χ4v) is 2.21. The minimum Gasteiger partial charge on any atom is -0.390 e. The highest BCUT2D eigenvalue weighted by Crippen LogP contribution is 2.18. The maximum atomic E-state index is 12.3. The Kier molecular flexibility index (Phi) is 4.56. The van der Waals surface area contributed by atoms with Gasteiger partial charge in [0, 0.05) is 13.1 Å². The minimum atomic E-state index is -0.744. The van der Waals surface area contributed by atoms with Crippen LogP contribution in [0.15, 0.2) is 30.3 Å². The van der Waals surface area contributed by atoms with E-state index in [1.807, 2.05) is 44.2 Å². The third-order valence-corrected chi connectivity index (χ3v) is 3.42. The summed E-state index contributed by atoms with van der Waals surface area (Å²) >= 11 is 0. The molecule has 1 aliphatic heterocycles. The second kappa shape index (κ2) is 6.17. The molecule has 0 radical (unpaired) electrons. The minimum absolute atomic E-state index is 0.00521. The number of hydrogen-bond donors (Lipinski definition) is 1. The number of nitrogens with zero attached hydrogens (tertiary/aromatic N) is 1. The highest BCUT2D eigenvalue weighted by Gasteiger charge is 2.36. The number of aliphatic hydroxyl groups is 1. The second-order valence-corrected chi connectivity index (χ2v) is 5.27. The Labute approximate surface area is 114 Å². The number of carbonyl (C=O) groups is 1. The van der Waals surface area contributed by atoms with Crippen molar-refractivity contribution in [3.8, 4) is 0 Å². The first-order valence-corrected chi connectivity index (χ1v) is 6.72. The van der Waals surface area contributed by atoms with Crippen LogP contribution in [0.1, 0.15) is 19.4 Å². The predicted octanol–water partition coefficient (Wildman–Crippen LogP) is 1.43. The molecule has 1 aliphatic rings. The molecule has 0 aromatic heterocycles. The summed E-state index contributed by atoms with van der Waals surface area (Å²) in [6, 6.07) is 9.87. The lowest BCUT2D eigenvalue weighted by Gasteiger charge is -2.35. The van der Waals surface area contributed by atoms with Gasteiger partial charge in [0.25, 0.3) is 5.91 Å². The Balaban J connectivity index is 2.04. The summed E-state index contributed by atoms with van der Waals surface area (Å²) in [5.74, 6) is -0.109. The van der Waals surface area contributed by atoms with Crippen LogP contribution in [0.2, 0.25) is 0 Å². The van der Waals surface area contributed by atoms with Crippen molar-refractivity contribution in [3.63, 3.8) is 0 Å². The van der Waals surface area contributed by atoms with E-state index in [0.29, 0.717) is 19.7 Å². The zero-order chi connectivity index (χ0) is 13.8. The molecule has 1 saturated heterocycles. The van der Waals surface area contributed by atoms with Crippen molar-refractivity contribution in [2.75, 3.05) is 13.2 Å². The van der Waals surface area contributed by atoms with Gasteiger partial charge < -0.3 is 14.7 Å². The lowest BCUT2D eigenvalue weighted by atomic mass is 9.99. The average Bonchev–Trinajstić information content (AvgIpc) is 2.41. The highest BCUT2D eigenvalue weighted by molar-refractivity contribution is 5.82. The number of morpholine rings is 1. The van der Waals surface area contributed by atoms with Crippen LogP contribution in [0.5, 0.6) is 0 Å². The molecule has 4 nitrogen and oxygen atoms in total. The second-order valence-electron chi connectivity index (χ2n) is 5.27. The predicted molar refractivity (Wildman–Crippen MR) is 72.4 cm³/mol. The van der Waals surface area contributed by atoms with E-state index in [-0.39, 0.29) is 11.8 Å². The monoisotopic (exact) mass is 263 g/mol. The molecule has 0 bridgehead atoms. The van der Waals surface area contributed by atoms with Crippen LogP contribution in [-0.4, -0.2) is 41.3 Å². The first-order valence-electron chi connectivity index (χ1n) is 6.72. The average molecular weight is 263 g/mol. The van der Waals surface area contributed by atoms with Gasteiger partial charge in [0.2, 0.25) is 0 Å². The molecule has 0 aliphatic carbocycles. The molecular formula is C15H21NO3. The van der Waals surface area contributed by atoms with Crippen molar-refractivity contribution in [1.82, 2.24) is 4.90 Å². The Bertz CT molecular complexity index is 419. The third kappa shape index (κ3) is 3.33. The number of aliphatic hydroxyl groups excluding tert-OH is 1. The van der Waals surface area contributed by atoms with Gasteiger partial charge in [0.1, 0.15) is 0 Å². The van der Waals surface area contributed by atoms with Crippen molar-refractivity contribution < 1.29 is 14.6 Å². The smallest absolute Gasteiger partial charge is 0.254 e. The van der Waals surface area contributed by atoms with Gasteiger partial charge >= 0.3 is 0 Å². The molecule has 1 aromatic rings. The molecule has 1 amide bonds. The van der Waals surface area contributed by atoms with E-state index in [1.165, 1.54) is 0 Å². The van der Waals surface area contributed by atoms with Crippen molar-refractivity contribution in [2.24, 2.45) is 5.92 Å². The van der Waals surface area contributed by atoms with E-state index in [9.17, 15) is 9.90 Å². The molecule has 4 heteroatoms. The third-order valence-electron chi connectivity index (χ3n) is 3.42. The van der Waals surface area contributed by atoms with Gasteiger partial charge in [0.05, 0.1) is 12.7 Å². The summed E-state index contributed by atoms with van der Waals surface area (Å²) in [7, 11) is 0. The molecule has 104 valence electrons. The Morgan fingerprint density at radius 3 is 2.68 bits per heavy atom. The Morgan fingerprint density at radius 2 is 2.05 bits per heavy atom. The first kappa shape index (κ1) is 14.0. The standard InChI is InChI=1S/C15H21NO3/c1-11(2)13(17)14-15(18)16(8-9-19-14)10-12-6-4-3-5-7-12/h3-7,11,13-14,17H,8-10H2,1-2H3. The Morgan fingerprint density at radius 1 is 1.37 bits per heavy atom. The van der Waals surface area contributed by atoms with Crippen molar-refractivity contribution >= 4 is 5.91 Å². The van der Waals surface area contributed by atoms with Gasteiger partial charge in [-0.1, -0.05) is 44.2 Å². The molecule has 1 fully saturated rings. The van der Waals surface area contributed by atoms with Crippen LogP contribution in [0, 0.1) is 5.92 Å². The molecule has 1 aromatic carbocycles. The van der Waals surface area contributed by atoms with Crippen LogP contribution < -0.4 is 0 Å². The van der Waals surface area contributed by atoms with Gasteiger partial charge in [0.15, 0.2) is 6.10 Å². The van der Waals surface area contributed by atoms with Crippen LogP contribution in [0.25, 0.3) is 0 Å². The van der Waals surface area contributed by atoms with E-state index in [0.717, 1.165) is 5.56 Å². The van der Waals surface area contributed by atoms with Crippen molar-refractivity contribution in [2.45, 2.75) is 32.6 Å². The molecule has 1 heterocycles. The van der Waals surface area contributed by atoms with Gasteiger partial charge in [-0.15, -0.1) is 0 Å². The van der Waals surface area contributed by atoms with Gasteiger partial charge in [-0.2, -0.15) is 0 Å². The lowest BCUT2D eigenvalue weighted by molar-refractivity contribution is -0.166. The molecule has 0 saturated carbocycles. The van der Waals surface area contributed by atoms with Gasteiger partial charge in [-0.25, -0.2) is 0 Å². The fraction of sp³-hybridized carbons (Fsp3) is 0.533. The van der Waals surface area contributed by atoms with Crippen molar-refractivity contribution in [3.05, 3.63) is 35.9 Å². The molecule has 1 N–H and O–H groups in total. The van der Waals surface area contributed by atoms with Crippen LogP contribution in [0.4, 0.5) is 0 Å². The number of ether oxygens (including phenoxy) is 1. The fourth-order valence-electron chi connectivity index (χ4n) is 2.21. The summed E-state index contributed by atoms with van der Waals surface area (Å²) in [5.41, 5.74) is 1.09. The van der Waals surface area contributed by atoms with Gasteiger partial charge in [-0.3, -0.25) is 4.79 Å². The SMILES string of the molecule is CC(C)C(O)C1OCCN(Cc2ccccc2)C1=O. The first-order chi connectivity index (χ1) is 9.09.